The minimum absolute atomic E-state index is 0.451. The summed E-state index contributed by atoms with van der Waals surface area (Å²) in [5, 5.41) is 6.86. The zero-order valence-electron chi connectivity index (χ0n) is 16.0. The van der Waals surface area contributed by atoms with Crippen molar-refractivity contribution in [3.05, 3.63) is 102 Å². The van der Waals surface area contributed by atoms with Crippen LogP contribution in [0.25, 0.3) is 10.9 Å². The Hall–Kier alpha value is -3.51. The number of fused-ring (bicyclic) bond motifs is 3. The first kappa shape index (κ1) is 18.5. The zero-order chi connectivity index (χ0) is 20.7. The Morgan fingerprint density at radius 2 is 1.63 bits per heavy atom. The third-order valence-corrected chi connectivity index (χ3v) is 5.67. The molecule has 4 nitrogen and oxygen atoms in total. The van der Waals surface area contributed by atoms with Gasteiger partial charge in [0.15, 0.2) is 5.54 Å². The van der Waals surface area contributed by atoms with Crippen molar-refractivity contribution < 1.29 is 13.6 Å². The molecule has 1 aliphatic heterocycles. The first-order valence-corrected chi connectivity index (χ1v) is 9.76. The summed E-state index contributed by atoms with van der Waals surface area (Å²) >= 11 is 0. The van der Waals surface area contributed by atoms with E-state index < -0.39 is 28.8 Å². The number of rotatable bonds is 3. The van der Waals surface area contributed by atoms with Crippen LogP contribution < -0.4 is 10.6 Å². The first-order chi connectivity index (χ1) is 14.6. The number of anilines is 1. The fraction of sp³-hybridized carbons (Fsp3) is 0.125. The molecule has 30 heavy (non-hydrogen) atoms. The van der Waals surface area contributed by atoms with Crippen molar-refractivity contribution in [1.29, 1.82) is 0 Å². The molecule has 2 N–H and O–H groups in total. The zero-order valence-corrected chi connectivity index (χ0v) is 16.0. The second kappa shape index (κ2) is 7.07. The average molecular weight is 403 g/mol. The van der Waals surface area contributed by atoms with Crippen LogP contribution in [0.1, 0.15) is 11.3 Å². The van der Waals surface area contributed by atoms with Crippen molar-refractivity contribution in [3.8, 4) is 0 Å². The third kappa shape index (κ3) is 2.72. The molecular formula is C24H19F2N3O. The highest BCUT2D eigenvalue weighted by atomic mass is 19.1. The molecule has 0 aliphatic carbocycles. The van der Waals surface area contributed by atoms with E-state index in [1.165, 1.54) is 6.07 Å². The number of halogens is 2. The normalized spacial score (nSPS) is 18.2. The van der Waals surface area contributed by atoms with E-state index in [-0.39, 0.29) is 0 Å². The van der Waals surface area contributed by atoms with Crippen LogP contribution in [0.4, 0.5) is 14.5 Å². The smallest absolute Gasteiger partial charge is 0.255 e. The van der Waals surface area contributed by atoms with Gasteiger partial charge in [-0.2, -0.15) is 0 Å². The summed E-state index contributed by atoms with van der Waals surface area (Å²) < 4.78 is 30.7. The molecule has 0 saturated heterocycles. The highest BCUT2D eigenvalue weighted by Crippen LogP contribution is 2.37. The molecule has 1 aliphatic rings. The molecule has 150 valence electrons. The lowest BCUT2D eigenvalue weighted by Crippen LogP contribution is -2.57. The SMILES string of the molecule is O=C(Nc1c(F)cccc1F)[C@@]1(c2ccccc2)NCCn2c1cc1ccccc12. The van der Waals surface area contributed by atoms with Crippen molar-refractivity contribution in [1.82, 2.24) is 9.88 Å². The van der Waals surface area contributed by atoms with Crippen LogP contribution in [0.15, 0.2) is 78.9 Å². The second-order valence-electron chi connectivity index (χ2n) is 7.33. The number of carbonyl (C=O) groups is 1. The number of benzene rings is 3. The molecule has 0 unspecified atom stereocenters. The van der Waals surface area contributed by atoms with Gasteiger partial charge in [0.1, 0.15) is 17.3 Å². The largest absolute Gasteiger partial charge is 0.341 e. The Morgan fingerprint density at radius 3 is 2.40 bits per heavy atom. The molecule has 3 aromatic carbocycles. The fourth-order valence-electron chi connectivity index (χ4n) is 4.30. The van der Waals surface area contributed by atoms with Crippen LogP contribution in [-0.2, 0) is 16.9 Å². The summed E-state index contributed by atoms with van der Waals surface area (Å²) in [7, 11) is 0. The maximum atomic E-state index is 14.3. The fourth-order valence-corrected chi connectivity index (χ4v) is 4.30. The van der Waals surface area contributed by atoms with Crippen molar-refractivity contribution >= 4 is 22.5 Å². The topological polar surface area (TPSA) is 46.1 Å². The highest BCUT2D eigenvalue weighted by Gasteiger charge is 2.46. The molecule has 0 fully saturated rings. The monoisotopic (exact) mass is 403 g/mol. The van der Waals surface area contributed by atoms with E-state index in [1.54, 1.807) is 0 Å². The number of nitrogens with one attached hydrogen (secondary N) is 2. The predicted molar refractivity (Wildman–Crippen MR) is 112 cm³/mol. The van der Waals surface area contributed by atoms with Crippen LogP contribution in [0.2, 0.25) is 0 Å². The van der Waals surface area contributed by atoms with Gasteiger partial charge in [-0.1, -0.05) is 54.6 Å². The van der Waals surface area contributed by atoms with Gasteiger partial charge < -0.3 is 9.88 Å². The molecule has 0 bridgehead atoms. The van der Waals surface area contributed by atoms with Crippen LogP contribution in [0, 0.1) is 11.6 Å². The van der Waals surface area contributed by atoms with Crippen molar-refractivity contribution in [3.63, 3.8) is 0 Å². The standard InChI is InChI=1S/C24H19F2N3O/c25-18-10-6-11-19(26)22(18)28-23(30)24(17-8-2-1-3-9-17)21-15-16-7-4-5-12-20(16)29(21)14-13-27-24/h1-12,15,27H,13-14H2,(H,28,30)/t24-/m0/s1. The lowest BCUT2D eigenvalue weighted by atomic mass is 9.83. The Labute approximate surface area is 172 Å². The number of hydrogen-bond donors (Lipinski definition) is 2. The van der Waals surface area contributed by atoms with Gasteiger partial charge in [-0.05, 0) is 35.2 Å². The molecule has 0 spiro atoms. The van der Waals surface area contributed by atoms with Crippen LogP contribution in [0.3, 0.4) is 0 Å². The minimum Gasteiger partial charge on any atom is -0.341 e. The molecule has 5 rings (SSSR count). The van der Waals surface area contributed by atoms with Crippen molar-refractivity contribution in [2.45, 2.75) is 12.1 Å². The van der Waals surface area contributed by atoms with E-state index in [0.717, 1.165) is 28.7 Å². The van der Waals surface area contributed by atoms with Crippen LogP contribution >= 0.6 is 0 Å². The first-order valence-electron chi connectivity index (χ1n) is 9.76. The van der Waals surface area contributed by atoms with Crippen molar-refractivity contribution in [2.75, 3.05) is 11.9 Å². The molecule has 0 saturated carbocycles. The molecular weight excluding hydrogens is 384 g/mol. The van der Waals surface area contributed by atoms with Gasteiger partial charge in [-0.15, -0.1) is 0 Å². The van der Waals surface area contributed by atoms with E-state index in [2.05, 4.69) is 15.2 Å². The lowest BCUT2D eigenvalue weighted by Gasteiger charge is -2.39. The number of para-hydroxylation sites is 2. The molecule has 0 radical (unpaired) electrons. The van der Waals surface area contributed by atoms with Gasteiger partial charge in [0.2, 0.25) is 0 Å². The maximum absolute atomic E-state index is 14.3. The van der Waals surface area contributed by atoms with E-state index in [0.29, 0.717) is 18.7 Å². The third-order valence-electron chi connectivity index (χ3n) is 5.67. The highest BCUT2D eigenvalue weighted by molar-refractivity contribution is 6.02. The van der Waals surface area contributed by atoms with E-state index in [1.807, 2.05) is 60.7 Å². The quantitative estimate of drug-likeness (QED) is 0.533. The lowest BCUT2D eigenvalue weighted by molar-refractivity contribution is -0.121. The summed E-state index contributed by atoms with van der Waals surface area (Å²) in [5.74, 6) is -2.17. The molecule has 2 heterocycles. The molecule has 1 aromatic heterocycles. The van der Waals surface area contributed by atoms with Crippen LogP contribution in [0.5, 0.6) is 0 Å². The van der Waals surface area contributed by atoms with Gasteiger partial charge in [-0.25, -0.2) is 8.78 Å². The van der Waals surface area contributed by atoms with Gasteiger partial charge in [-0.3, -0.25) is 10.1 Å². The van der Waals surface area contributed by atoms with Gasteiger partial charge in [0.05, 0.1) is 5.69 Å². The number of carbonyl (C=O) groups excluding carboxylic acids is 1. The summed E-state index contributed by atoms with van der Waals surface area (Å²) in [6.07, 6.45) is 0. The molecule has 1 atom stereocenters. The van der Waals surface area contributed by atoms with Crippen molar-refractivity contribution in [2.24, 2.45) is 0 Å². The van der Waals surface area contributed by atoms with Crippen LogP contribution in [-0.4, -0.2) is 17.0 Å². The molecule has 6 heteroatoms. The molecule has 1 amide bonds. The van der Waals surface area contributed by atoms with Gasteiger partial charge in [0.25, 0.3) is 5.91 Å². The van der Waals surface area contributed by atoms with Gasteiger partial charge >= 0.3 is 0 Å². The Balaban J connectivity index is 1.72. The summed E-state index contributed by atoms with van der Waals surface area (Å²) in [6.45, 7) is 1.20. The number of aromatic nitrogens is 1. The number of hydrogen-bond acceptors (Lipinski definition) is 2. The summed E-state index contributed by atoms with van der Waals surface area (Å²) in [6, 6.07) is 22.6. The summed E-state index contributed by atoms with van der Waals surface area (Å²) in [4.78, 5) is 13.7. The summed E-state index contributed by atoms with van der Waals surface area (Å²) in [5.41, 5.74) is 0.693. The maximum Gasteiger partial charge on any atom is 0.255 e. The predicted octanol–water partition coefficient (Wildman–Crippen LogP) is 4.41. The number of amides is 1. The second-order valence-corrected chi connectivity index (χ2v) is 7.33. The average Bonchev–Trinajstić information content (AvgIpc) is 3.16. The van der Waals surface area contributed by atoms with E-state index >= 15 is 0 Å². The van der Waals surface area contributed by atoms with E-state index in [4.69, 9.17) is 0 Å². The Morgan fingerprint density at radius 1 is 0.933 bits per heavy atom. The molecule has 4 aromatic rings. The Kier molecular flexibility index (Phi) is 4.37. The van der Waals surface area contributed by atoms with E-state index in [9.17, 15) is 13.6 Å². The Bertz CT molecular complexity index is 1230. The minimum atomic E-state index is -1.30. The number of nitrogens with zero attached hydrogens (tertiary/aromatic N) is 1. The van der Waals surface area contributed by atoms with Gasteiger partial charge in [0, 0.05) is 18.6 Å².